The third kappa shape index (κ3) is 3.34. The van der Waals surface area contributed by atoms with E-state index in [2.05, 4.69) is 0 Å². The average molecular weight is 267 g/mol. The quantitative estimate of drug-likeness (QED) is 0.800. The van der Waals surface area contributed by atoms with Crippen molar-refractivity contribution in [2.75, 3.05) is 12.4 Å². The highest BCUT2D eigenvalue weighted by Gasteiger charge is 2.23. The summed E-state index contributed by atoms with van der Waals surface area (Å²) in [4.78, 5) is 0. The first kappa shape index (κ1) is 13.2. The van der Waals surface area contributed by atoms with Crippen LogP contribution in [0.3, 0.4) is 0 Å². The summed E-state index contributed by atoms with van der Waals surface area (Å²) in [6.07, 6.45) is -0.0808. The Labute approximate surface area is 97.5 Å². The molecule has 1 atom stereocenters. The van der Waals surface area contributed by atoms with Crippen molar-refractivity contribution < 1.29 is 22.4 Å². The highest BCUT2D eigenvalue weighted by atomic mass is 32.2. The maximum atomic E-state index is 10.5. The lowest BCUT2D eigenvalue weighted by molar-refractivity contribution is 0.0900. The van der Waals surface area contributed by atoms with Gasteiger partial charge in [0.05, 0.1) is 5.75 Å². The molecule has 0 fully saturated rings. The highest BCUT2D eigenvalue weighted by molar-refractivity contribution is 7.85. The van der Waals surface area contributed by atoms with Crippen LogP contribution in [0, 0.1) is 0 Å². The van der Waals surface area contributed by atoms with Crippen LogP contribution in [0.25, 0.3) is 0 Å². The molecule has 0 spiro atoms. The maximum Gasteiger partial charge on any atom is 0.264 e. The molecule has 1 aromatic heterocycles. The number of fused-ring (bicyclic) bond motifs is 1. The smallest absolute Gasteiger partial charge is 0.264 e. The number of rotatable bonds is 3. The lowest BCUT2D eigenvalue weighted by Crippen LogP contribution is -2.30. The van der Waals surface area contributed by atoms with E-state index in [9.17, 15) is 8.42 Å². The lowest BCUT2D eigenvalue weighted by atomic mass is 10.3. The van der Waals surface area contributed by atoms with Crippen molar-refractivity contribution in [2.24, 2.45) is 0 Å². The topological polar surface area (TPSA) is 108 Å². The maximum absolute atomic E-state index is 10.5. The Balaban J connectivity index is 0.00000128. The van der Waals surface area contributed by atoms with Gasteiger partial charge in [-0.25, -0.2) is 0 Å². The van der Waals surface area contributed by atoms with Gasteiger partial charge in [-0.05, 0) is 0 Å². The van der Waals surface area contributed by atoms with Crippen LogP contribution in [0.1, 0.15) is 6.42 Å². The molecule has 0 amide bonds. The second kappa shape index (κ2) is 5.00. The molecule has 2 rings (SSSR count). The van der Waals surface area contributed by atoms with Gasteiger partial charge in [0.15, 0.2) is 11.5 Å². The highest BCUT2D eigenvalue weighted by Crippen LogP contribution is 2.35. The standard InChI is InChI=1S/C8H10O5S2.H3N/c9-15(10,11)2-1-6-3-12-7-4-14-5-8(7)13-6;/h4-6H,1-3H2,(H,9,10,11);1H3. The van der Waals surface area contributed by atoms with Crippen molar-refractivity contribution in [1.82, 2.24) is 6.15 Å². The summed E-state index contributed by atoms with van der Waals surface area (Å²) in [5, 5.41) is 3.63. The summed E-state index contributed by atoms with van der Waals surface area (Å²) in [6, 6.07) is 0. The van der Waals surface area contributed by atoms with Gasteiger partial charge in [-0.3, -0.25) is 4.55 Å². The molecule has 1 unspecified atom stereocenters. The van der Waals surface area contributed by atoms with E-state index < -0.39 is 10.1 Å². The van der Waals surface area contributed by atoms with Crippen LogP contribution in [0.4, 0.5) is 0 Å². The average Bonchev–Trinajstić information content (AvgIpc) is 2.60. The fourth-order valence-electron chi connectivity index (χ4n) is 1.28. The van der Waals surface area contributed by atoms with Gasteiger partial charge in [0, 0.05) is 17.2 Å². The largest absolute Gasteiger partial charge is 0.485 e. The van der Waals surface area contributed by atoms with Gasteiger partial charge in [0.1, 0.15) is 12.7 Å². The van der Waals surface area contributed by atoms with E-state index in [0.717, 1.165) is 0 Å². The van der Waals surface area contributed by atoms with Crippen LogP contribution < -0.4 is 15.6 Å². The Kier molecular flexibility index (Phi) is 4.14. The molecule has 92 valence electrons. The molecule has 0 radical (unpaired) electrons. The second-order valence-electron chi connectivity index (χ2n) is 3.23. The summed E-state index contributed by atoms with van der Waals surface area (Å²) < 4.78 is 40.5. The van der Waals surface area contributed by atoms with E-state index in [-0.39, 0.29) is 24.4 Å². The normalized spacial score (nSPS) is 18.9. The van der Waals surface area contributed by atoms with Gasteiger partial charge in [-0.1, -0.05) is 0 Å². The first-order valence-corrected chi connectivity index (χ1v) is 6.90. The predicted molar refractivity (Wildman–Crippen MR) is 60.3 cm³/mol. The number of thiophene rings is 1. The minimum atomic E-state index is -3.92. The molecule has 8 heteroatoms. The molecule has 1 aliphatic heterocycles. The molecule has 0 aromatic carbocycles. The Hall–Kier alpha value is -0.830. The van der Waals surface area contributed by atoms with Crippen molar-refractivity contribution in [2.45, 2.75) is 12.5 Å². The van der Waals surface area contributed by atoms with Gasteiger partial charge < -0.3 is 15.6 Å². The van der Waals surface area contributed by atoms with Gasteiger partial charge in [-0.15, -0.1) is 11.3 Å². The van der Waals surface area contributed by atoms with Crippen molar-refractivity contribution in [3.05, 3.63) is 10.8 Å². The van der Waals surface area contributed by atoms with E-state index in [4.69, 9.17) is 14.0 Å². The summed E-state index contributed by atoms with van der Waals surface area (Å²) in [5.74, 6) is 1.04. The van der Waals surface area contributed by atoms with Gasteiger partial charge in [0.25, 0.3) is 10.1 Å². The van der Waals surface area contributed by atoms with E-state index in [1.807, 2.05) is 5.38 Å². The summed E-state index contributed by atoms with van der Waals surface area (Å²) in [6.45, 7) is 0.319. The van der Waals surface area contributed by atoms with Crippen molar-refractivity contribution in [3.8, 4) is 11.5 Å². The minimum absolute atomic E-state index is 0. The van der Waals surface area contributed by atoms with E-state index in [1.54, 1.807) is 5.38 Å². The van der Waals surface area contributed by atoms with Gasteiger partial charge in [0.2, 0.25) is 0 Å². The Morgan fingerprint density at radius 3 is 2.81 bits per heavy atom. The second-order valence-corrected chi connectivity index (χ2v) is 5.54. The summed E-state index contributed by atoms with van der Waals surface area (Å²) in [7, 11) is -3.92. The zero-order valence-electron chi connectivity index (χ0n) is 8.46. The third-order valence-electron chi connectivity index (χ3n) is 2.01. The molecule has 16 heavy (non-hydrogen) atoms. The molecule has 1 aliphatic rings. The van der Waals surface area contributed by atoms with Crippen LogP contribution in [0.5, 0.6) is 11.5 Å². The summed E-state index contributed by atoms with van der Waals surface area (Å²) >= 11 is 1.46. The fraction of sp³-hybridized carbons (Fsp3) is 0.500. The van der Waals surface area contributed by atoms with E-state index in [1.165, 1.54) is 11.3 Å². The van der Waals surface area contributed by atoms with Crippen LogP contribution in [-0.4, -0.2) is 31.4 Å². The number of hydrogen-bond donors (Lipinski definition) is 2. The molecule has 0 saturated carbocycles. The first-order chi connectivity index (χ1) is 7.04. The zero-order valence-corrected chi connectivity index (χ0v) is 10.1. The fourth-order valence-corrected chi connectivity index (χ4v) is 2.52. The van der Waals surface area contributed by atoms with Crippen LogP contribution >= 0.6 is 11.3 Å². The monoisotopic (exact) mass is 267 g/mol. The molecule has 0 saturated heterocycles. The molecular weight excluding hydrogens is 254 g/mol. The SMILES string of the molecule is N.O=S(=O)(O)CCC1COc2cscc2O1. The van der Waals surface area contributed by atoms with Crippen LogP contribution in [-0.2, 0) is 10.1 Å². The van der Waals surface area contributed by atoms with Gasteiger partial charge >= 0.3 is 0 Å². The van der Waals surface area contributed by atoms with Gasteiger partial charge in [-0.2, -0.15) is 8.42 Å². The molecular formula is C8H13NO5S2. The van der Waals surface area contributed by atoms with Crippen molar-refractivity contribution in [1.29, 1.82) is 0 Å². The first-order valence-electron chi connectivity index (χ1n) is 4.35. The molecule has 2 heterocycles. The summed E-state index contributed by atoms with van der Waals surface area (Å²) in [5.41, 5.74) is 0. The Bertz CT molecular complexity index is 441. The van der Waals surface area contributed by atoms with Crippen LogP contribution in [0.15, 0.2) is 10.8 Å². The minimum Gasteiger partial charge on any atom is -0.485 e. The van der Waals surface area contributed by atoms with Crippen LogP contribution in [0.2, 0.25) is 0 Å². The number of ether oxygens (including phenoxy) is 2. The third-order valence-corrected chi connectivity index (χ3v) is 3.46. The predicted octanol–water partition coefficient (Wildman–Crippen LogP) is 1.33. The van der Waals surface area contributed by atoms with Crippen molar-refractivity contribution in [3.63, 3.8) is 0 Å². The van der Waals surface area contributed by atoms with Crippen molar-refractivity contribution >= 4 is 21.5 Å². The Morgan fingerprint density at radius 1 is 1.44 bits per heavy atom. The Morgan fingerprint density at radius 2 is 2.12 bits per heavy atom. The van der Waals surface area contributed by atoms with E-state index >= 15 is 0 Å². The number of hydrogen-bond acceptors (Lipinski definition) is 6. The molecule has 0 bridgehead atoms. The molecule has 6 nitrogen and oxygen atoms in total. The molecule has 0 aliphatic carbocycles. The van der Waals surface area contributed by atoms with E-state index in [0.29, 0.717) is 18.1 Å². The lowest BCUT2D eigenvalue weighted by Gasteiger charge is -2.23. The molecule has 1 aromatic rings. The zero-order chi connectivity index (χ0) is 10.9. The molecule has 4 N–H and O–H groups in total.